The first-order chi connectivity index (χ1) is 25.8. The second kappa shape index (κ2) is 11.2. The molecule has 6 nitrogen and oxygen atoms in total. The molecule has 0 aliphatic carbocycles. The molecular weight excluding hydrogens is 639 g/mol. The number of hydrogen-bond donors (Lipinski definition) is 0. The molecule has 0 saturated carbocycles. The van der Waals surface area contributed by atoms with Crippen molar-refractivity contribution >= 4 is 65.4 Å². The predicted molar refractivity (Wildman–Crippen MR) is 211 cm³/mol. The van der Waals surface area contributed by atoms with Gasteiger partial charge in [-0.05, 0) is 58.6 Å². The highest BCUT2D eigenvalue weighted by atomic mass is 16.3. The third-order valence-electron chi connectivity index (χ3n) is 10.1. The van der Waals surface area contributed by atoms with Crippen LogP contribution in [-0.4, -0.2) is 24.5 Å². The molecule has 0 N–H and O–H groups in total. The van der Waals surface area contributed by atoms with Crippen molar-refractivity contribution in [3.05, 3.63) is 164 Å². The second-order valence-electron chi connectivity index (χ2n) is 13.1. The average molecular weight is 666 g/mol. The lowest BCUT2D eigenvalue weighted by Gasteiger charge is -2.15. The van der Waals surface area contributed by atoms with Crippen molar-refractivity contribution in [2.24, 2.45) is 0 Å². The van der Waals surface area contributed by atoms with Gasteiger partial charge >= 0.3 is 0 Å². The fraction of sp³-hybridized carbons (Fsp3) is 0. The zero-order valence-electron chi connectivity index (χ0n) is 27.7. The summed E-state index contributed by atoms with van der Waals surface area (Å²) in [6.45, 7) is 0. The van der Waals surface area contributed by atoms with Crippen molar-refractivity contribution in [2.45, 2.75) is 0 Å². The third kappa shape index (κ3) is 4.31. The number of furan rings is 1. The van der Waals surface area contributed by atoms with Crippen LogP contribution in [0.3, 0.4) is 0 Å². The van der Waals surface area contributed by atoms with E-state index in [0.717, 1.165) is 71.3 Å². The van der Waals surface area contributed by atoms with Gasteiger partial charge in [0.1, 0.15) is 5.58 Å². The Morgan fingerprint density at radius 2 is 1.06 bits per heavy atom. The topological polar surface area (TPSA) is 69.6 Å². The van der Waals surface area contributed by atoms with Crippen LogP contribution in [0.1, 0.15) is 0 Å². The molecule has 11 aromatic rings. The van der Waals surface area contributed by atoms with Gasteiger partial charge in [0, 0.05) is 44.4 Å². The van der Waals surface area contributed by atoms with E-state index < -0.39 is 0 Å². The monoisotopic (exact) mass is 665 g/mol. The highest BCUT2D eigenvalue weighted by Gasteiger charge is 2.21. The van der Waals surface area contributed by atoms with E-state index in [0.29, 0.717) is 23.2 Å². The Morgan fingerprint density at radius 1 is 0.442 bits per heavy atom. The Balaban J connectivity index is 1.18. The fourth-order valence-corrected chi connectivity index (χ4v) is 7.76. The minimum Gasteiger partial charge on any atom is -0.438 e. The molecule has 242 valence electrons. The number of rotatable bonds is 4. The summed E-state index contributed by atoms with van der Waals surface area (Å²) < 4.78 is 8.54. The molecule has 4 aromatic heterocycles. The molecule has 0 fully saturated rings. The lowest BCUT2D eigenvalue weighted by molar-refractivity contribution is 0.654. The summed E-state index contributed by atoms with van der Waals surface area (Å²) in [4.78, 5) is 20.2. The minimum absolute atomic E-state index is 0.550. The van der Waals surface area contributed by atoms with E-state index in [1.54, 1.807) is 6.20 Å². The van der Waals surface area contributed by atoms with Gasteiger partial charge in [0.2, 0.25) is 5.71 Å². The number of hydrogen-bond acceptors (Lipinski definition) is 5. The van der Waals surface area contributed by atoms with Gasteiger partial charge in [-0.15, -0.1) is 0 Å². The SMILES string of the molecule is c1ccc2cc(-c3nc(-c4ccc(-n5c6ccccc6c6ccccc65)c5ccccc45)nc(-c4ccnc5oc6ccccc6c45)n3)ccc2c1. The Bertz CT molecular complexity index is 3160. The molecule has 0 bridgehead atoms. The maximum atomic E-state index is 6.18. The molecule has 0 amide bonds. The number of pyridine rings is 1. The third-order valence-corrected chi connectivity index (χ3v) is 10.1. The predicted octanol–water partition coefficient (Wildman–Crippen LogP) is 11.6. The number of benzene rings is 7. The Labute approximate surface area is 297 Å². The zero-order chi connectivity index (χ0) is 34.2. The molecule has 0 saturated heterocycles. The summed E-state index contributed by atoms with van der Waals surface area (Å²) in [6, 6.07) is 54.8. The summed E-state index contributed by atoms with van der Waals surface area (Å²) in [6.07, 6.45) is 1.76. The summed E-state index contributed by atoms with van der Waals surface area (Å²) in [5, 5.41) is 8.74. The van der Waals surface area contributed by atoms with E-state index >= 15 is 0 Å². The fourth-order valence-electron chi connectivity index (χ4n) is 7.76. The second-order valence-corrected chi connectivity index (χ2v) is 13.1. The molecule has 0 atom stereocenters. The van der Waals surface area contributed by atoms with E-state index in [1.165, 1.54) is 10.8 Å². The van der Waals surface area contributed by atoms with Gasteiger partial charge in [-0.2, -0.15) is 0 Å². The Morgan fingerprint density at radius 3 is 1.85 bits per heavy atom. The van der Waals surface area contributed by atoms with Gasteiger partial charge in [-0.3, -0.25) is 0 Å². The zero-order valence-corrected chi connectivity index (χ0v) is 27.7. The molecule has 52 heavy (non-hydrogen) atoms. The van der Waals surface area contributed by atoms with E-state index in [2.05, 4.69) is 143 Å². The summed E-state index contributed by atoms with van der Waals surface area (Å²) in [5.74, 6) is 1.75. The molecule has 0 aliphatic heterocycles. The van der Waals surface area contributed by atoms with E-state index in [-0.39, 0.29) is 0 Å². The normalized spacial score (nSPS) is 11.8. The van der Waals surface area contributed by atoms with Gasteiger partial charge in [0.05, 0.1) is 22.1 Å². The minimum atomic E-state index is 0.550. The number of aromatic nitrogens is 5. The summed E-state index contributed by atoms with van der Waals surface area (Å²) in [7, 11) is 0. The first-order valence-electron chi connectivity index (χ1n) is 17.3. The molecule has 4 heterocycles. The molecule has 0 unspecified atom stereocenters. The highest BCUT2D eigenvalue weighted by molar-refractivity contribution is 6.12. The molecule has 11 rings (SSSR count). The van der Waals surface area contributed by atoms with Crippen molar-refractivity contribution < 1.29 is 4.42 Å². The van der Waals surface area contributed by atoms with E-state index in [1.807, 2.05) is 24.3 Å². The first kappa shape index (κ1) is 28.6. The standard InChI is InChI=1S/C46H27N5O/c1-2-12-29-27-30(22-21-28(29)11-1)43-48-44(50-45(49-43)37-25-26-47-46-42(37)36-17-7-10-20-41(36)52-46)35-23-24-40(32-14-4-3-13-31(32)35)51-38-18-8-5-15-33(38)34-16-6-9-19-39(34)51/h1-27H. The van der Waals surface area contributed by atoms with Crippen LogP contribution in [0.2, 0.25) is 0 Å². The van der Waals surface area contributed by atoms with Gasteiger partial charge in [-0.25, -0.2) is 19.9 Å². The lowest BCUT2D eigenvalue weighted by Crippen LogP contribution is -2.02. The Hall–Kier alpha value is -7.18. The Kier molecular flexibility index (Phi) is 6.15. The maximum Gasteiger partial charge on any atom is 0.228 e. The summed E-state index contributed by atoms with van der Waals surface area (Å²) >= 11 is 0. The van der Waals surface area contributed by atoms with E-state index in [9.17, 15) is 0 Å². The highest BCUT2D eigenvalue weighted by Crippen LogP contribution is 2.39. The van der Waals surface area contributed by atoms with Crippen LogP contribution >= 0.6 is 0 Å². The molecular formula is C46H27N5O. The van der Waals surface area contributed by atoms with Crippen LogP contribution in [0, 0.1) is 0 Å². The number of para-hydroxylation sites is 3. The number of fused-ring (bicyclic) bond motifs is 8. The molecule has 0 radical (unpaired) electrons. The van der Waals surface area contributed by atoms with Gasteiger partial charge in [0.15, 0.2) is 17.5 Å². The summed E-state index contributed by atoms with van der Waals surface area (Å²) in [5.41, 5.74) is 7.43. The van der Waals surface area contributed by atoms with Crippen molar-refractivity contribution in [3.63, 3.8) is 0 Å². The largest absolute Gasteiger partial charge is 0.438 e. The smallest absolute Gasteiger partial charge is 0.228 e. The van der Waals surface area contributed by atoms with Crippen LogP contribution < -0.4 is 0 Å². The van der Waals surface area contributed by atoms with Crippen LogP contribution in [0.4, 0.5) is 0 Å². The van der Waals surface area contributed by atoms with Gasteiger partial charge in [-0.1, -0.05) is 115 Å². The van der Waals surface area contributed by atoms with Crippen LogP contribution in [0.5, 0.6) is 0 Å². The maximum absolute atomic E-state index is 6.18. The van der Waals surface area contributed by atoms with Crippen molar-refractivity contribution in [1.29, 1.82) is 0 Å². The molecule has 6 heteroatoms. The van der Waals surface area contributed by atoms with E-state index in [4.69, 9.17) is 19.4 Å². The molecule has 0 spiro atoms. The van der Waals surface area contributed by atoms with Crippen LogP contribution in [-0.2, 0) is 0 Å². The molecule has 0 aliphatic rings. The quantitative estimate of drug-likeness (QED) is 0.187. The van der Waals surface area contributed by atoms with Gasteiger partial charge < -0.3 is 8.98 Å². The van der Waals surface area contributed by atoms with Crippen molar-refractivity contribution in [2.75, 3.05) is 0 Å². The van der Waals surface area contributed by atoms with Crippen molar-refractivity contribution in [1.82, 2.24) is 24.5 Å². The molecule has 7 aromatic carbocycles. The van der Waals surface area contributed by atoms with Crippen LogP contribution in [0.15, 0.2) is 168 Å². The van der Waals surface area contributed by atoms with Gasteiger partial charge in [0.25, 0.3) is 0 Å². The number of nitrogens with zero attached hydrogens (tertiary/aromatic N) is 5. The lowest BCUT2D eigenvalue weighted by atomic mass is 10.0. The van der Waals surface area contributed by atoms with Crippen molar-refractivity contribution in [3.8, 4) is 39.9 Å². The van der Waals surface area contributed by atoms with Crippen LogP contribution in [0.25, 0.3) is 105 Å². The average Bonchev–Trinajstić information content (AvgIpc) is 3.76. The first-order valence-corrected chi connectivity index (χ1v) is 17.3.